The van der Waals surface area contributed by atoms with Gasteiger partial charge in [0.05, 0.1) is 34.0 Å². The Morgan fingerprint density at radius 1 is 0.567 bits per heavy atom. The zero-order chi connectivity index (χ0) is 20.8. The number of hydrogen-bond acceptors (Lipinski definition) is 5. The first kappa shape index (κ1) is 18.3. The second kappa shape index (κ2) is 6.95. The summed E-state index contributed by atoms with van der Waals surface area (Å²) in [6, 6.07) is 18.5. The number of hydrogen-bond donors (Lipinski definition) is 0. The average molecular weight is 399 g/mol. The molecule has 0 amide bonds. The molecular formula is C25H21NO4. The zero-order valence-electron chi connectivity index (χ0n) is 17.3. The summed E-state index contributed by atoms with van der Waals surface area (Å²) in [4.78, 5) is 4.75. The molecular weight excluding hydrogens is 378 g/mol. The molecule has 1 heterocycles. The maximum absolute atomic E-state index is 5.83. The van der Waals surface area contributed by atoms with Crippen LogP contribution < -0.4 is 18.9 Å². The van der Waals surface area contributed by atoms with Crippen molar-refractivity contribution in [3.05, 3.63) is 54.6 Å². The summed E-state index contributed by atoms with van der Waals surface area (Å²) in [5.41, 5.74) is 0.820. The molecule has 0 fully saturated rings. The molecule has 5 rings (SSSR count). The Bertz CT molecular complexity index is 1440. The Balaban J connectivity index is 2.04. The van der Waals surface area contributed by atoms with Crippen molar-refractivity contribution >= 4 is 43.2 Å². The van der Waals surface area contributed by atoms with Crippen LogP contribution in [0.1, 0.15) is 0 Å². The van der Waals surface area contributed by atoms with Gasteiger partial charge in [0.1, 0.15) is 11.5 Å². The molecule has 0 unspecified atom stereocenters. The highest BCUT2D eigenvalue weighted by molar-refractivity contribution is 6.25. The van der Waals surface area contributed by atoms with E-state index in [0.29, 0.717) is 11.6 Å². The number of nitrogens with zero attached hydrogens (tertiary/aromatic N) is 1. The highest BCUT2D eigenvalue weighted by Crippen LogP contribution is 2.45. The molecule has 0 radical (unpaired) electrons. The fraction of sp³-hybridized carbons (Fsp3) is 0.160. The maximum Gasteiger partial charge on any atom is 0.257 e. The predicted molar refractivity (Wildman–Crippen MR) is 120 cm³/mol. The molecule has 0 bridgehead atoms. The number of fused-ring (bicyclic) bond motifs is 7. The lowest BCUT2D eigenvalue weighted by Gasteiger charge is -2.16. The summed E-state index contributed by atoms with van der Waals surface area (Å²) in [7, 11) is 6.57. The van der Waals surface area contributed by atoms with Gasteiger partial charge in [-0.25, -0.2) is 4.98 Å². The lowest BCUT2D eigenvalue weighted by molar-refractivity contribution is 0.345. The third-order valence-electron chi connectivity index (χ3n) is 5.61. The van der Waals surface area contributed by atoms with Crippen LogP contribution in [0.15, 0.2) is 54.6 Å². The van der Waals surface area contributed by atoms with E-state index in [9.17, 15) is 0 Å². The van der Waals surface area contributed by atoms with Gasteiger partial charge in [-0.15, -0.1) is 0 Å². The minimum Gasteiger partial charge on any atom is -0.496 e. The van der Waals surface area contributed by atoms with Gasteiger partial charge >= 0.3 is 0 Å². The Labute approximate surface area is 173 Å². The van der Waals surface area contributed by atoms with Crippen LogP contribution in [0.4, 0.5) is 0 Å². The van der Waals surface area contributed by atoms with Gasteiger partial charge in [0.2, 0.25) is 0 Å². The Morgan fingerprint density at radius 2 is 1.17 bits per heavy atom. The van der Waals surface area contributed by atoms with E-state index in [4.69, 9.17) is 23.9 Å². The van der Waals surface area contributed by atoms with Crippen molar-refractivity contribution in [2.24, 2.45) is 0 Å². The van der Waals surface area contributed by atoms with Gasteiger partial charge in [-0.1, -0.05) is 36.4 Å². The number of benzene rings is 4. The third kappa shape index (κ3) is 2.52. The number of pyridine rings is 1. The first-order valence-corrected chi connectivity index (χ1v) is 9.62. The lowest BCUT2D eigenvalue weighted by atomic mass is 9.94. The van der Waals surface area contributed by atoms with Gasteiger partial charge in [0, 0.05) is 21.5 Å². The molecule has 0 aliphatic rings. The molecule has 30 heavy (non-hydrogen) atoms. The fourth-order valence-corrected chi connectivity index (χ4v) is 4.26. The van der Waals surface area contributed by atoms with E-state index in [1.165, 1.54) is 0 Å². The SMILES string of the molecule is COc1cc2cc(OC)c3c(ccc4c5ccccc5cc(OC)c43)c2nc1OC. The number of methoxy groups -OCH3 is 4. The second-order valence-corrected chi connectivity index (χ2v) is 7.06. The topological polar surface area (TPSA) is 49.8 Å². The van der Waals surface area contributed by atoms with E-state index in [-0.39, 0.29) is 0 Å². The van der Waals surface area contributed by atoms with E-state index in [1.807, 2.05) is 18.2 Å². The molecule has 4 aromatic carbocycles. The Hall–Kier alpha value is -3.73. The van der Waals surface area contributed by atoms with Crippen LogP contribution >= 0.6 is 0 Å². The number of rotatable bonds is 4. The average Bonchev–Trinajstić information content (AvgIpc) is 2.81. The summed E-state index contributed by atoms with van der Waals surface area (Å²) in [6.07, 6.45) is 0. The molecule has 0 saturated heterocycles. The van der Waals surface area contributed by atoms with Gasteiger partial charge in [-0.3, -0.25) is 0 Å². The summed E-state index contributed by atoms with van der Waals surface area (Å²) in [5, 5.41) is 7.25. The monoisotopic (exact) mass is 399 g/mol. The minimum atomic E-state index is 0.446. The normalized spacial score (nSPS) is 11.3. The molecule has 0 N–H and O–H groups in total. The third-order valence-corrected chi connectivity index (χ3v) is 5.61. The van der Waals surface area contributed by atoms with Gasteiger partial charge in [-0.05, 0) is 34.4 Å². The summed E-state index contributed by atoms with van der Waals surface area (Å²) in [5.74, 6) is 2.58. The summed E-state index contributed by atoms with van der Waals surface area (Å²) in [6.45, 7) is 0. The standard InChI is InChI=1S/C25H21NO4/c1-27-19-11-14-7-5-6-8-16(14)17-9-10-18-23(22(17)19)20(28-2)12-15-13-21(29-3)25(30-4)26-24(15)18/h5-13H,1-4H3. The molecule has 5 heteroatoms. The first-order chi connectivity index (χ1) is 14.7. The molecule has 0 aliphatic carbocycles. The second-order valence-electron chi connectivity index (χ2n) is 7.06. The van der Waals surface area contributed by atoms with Crippen LogP contribution in [-0.4, -0.2) is 33.4 Å². The van der Waals surface area contributed by atoms with Crippen LogP contribution in [0.2, 0.25) is 0 Å². The van der Waals surface area contributed by atoms with Crippen molar-refractivity contribution in [1.82, 2.24) is 4.98 Å². The van der Waals surface area contributed by atoms with Gasteiger partial charge in [0.25, 0.3) is 5.88 Å². The predicted octanol–water partition coefficient (Wildman–Crippen LogP) is 5.73. The van der Waals surface area contributed by atoms with Gasteiger partial charge < -0.3 is 18.9 Å². The quantitative estimate of drug-likeness (QED) is 0.361. The van der Waals surface area contributed by atoms with E-state index in [2.05, 4.69) is 36.4 Å². The first-order valence-electron chi connectivity index (χ1n) is 9.62. The van der Waals surface area contributed by atoms with Crippen LogP contribution in [0, 0.1) is 0 Å². The lowest BCUT2D eigenvalue weighted by Crippen LogP contribution is -1.96. The Kier molecular flexibility index (Phi) is 4.24. The molecule has 5 aromatic rings. The van der Waals surface area contributed by atoms with E-state index in [1.54, 1.807) is 28.4 Å². The summed E-state index contributed by atoms with van der Waals surface area (Å²) >= 11 is 0. The van der Waals surface area contributed by atoms with Crippen molar-refractivity contribution in [2.75, 3.05) is 28.4 Å². The van der Waals surface area contributed by atoms with Crippen LogP contribution in [0.5, 0.6) is 23.1 Å². The van der Waals surface area contributed by atoms with Crippen molar-refractivity contribution in [3.63, 3.8) is 0 Å². The van der Waals surface area contributed by atoms with Crippen molar-refractivity contribution < 1.29 is 18.9 Å². The van der Waals surface area contributed by atoms with Crippen molar-refractivity contribution in [2.45, 2.75) is 0 Å². The van der Waals surface area contributed by atoms with Crippen LogP contribution in [-0.2, 0) is 0 Å². The molecule has 0 aliphatic heterocycles. The maximum atomic E-state index is 5.83. The summed E-state index contributed by atoms with van der Waals surface area (Å²) < 4.78 is 22.5. The van der Waals surface area contributed by atoms with Crippen LogP contribution in [0.25, 0.3) is 43.2 Å². The number of ether oxygens (including phenoxy) is 4. The largest absolute Gasteiger partial charge is 0.496 e. The zero-order valence-corrected chi connectivity index (χ0v) is 17.3. The molecule has 5 nitrogen and oxygen atoms in total. The highest BCUT2D eigenvalue weighted by atomic mass is 16.5. The minimum absolute atomic E-state index is 0.446. The molecule has 0 saturated carbocycles. The molecule has 1 aromatic heterocycles. The molecule has 0 atom stereocenters. The van der Waals surface area contributed by atoms with Crippen molar-refractivity contribution in [3.8, 4) is 23.1 Å². The fourth-order valence-electron chi connectivity index (χ4n) is 4.26. The smallest absolute Gasteiger partial charge is 0.257 e. The van der Waals surface area contributed by atoms with Gasteiger partial charge in [-0.2, -0.15) is 0 Å². The van der Waals surface area contributed by atoms with E-state index in [0.717, 1.165) is 54.7 Å². The highest BCUT2D eigenvalue weighted by Gasteiger charge is 2.18. The van der Waals surface area contributed by atoms with Crippen molar-refractivity contribution in [1.29, 1.82) is 0 Å². The van der Waals surface area contributed by atoms with Crippen LogP contribution in [0.3, 0.4) is 0 Å². The van der Waals surface area contributed by atoms with E-state index >= 15 is 0 Å². The Morgan fingerprint density at radius 3 is 1.87 bits per heavy atom. The molecule has 150 valence electrons. The number of aromatic nitrogens is 1. The van der Waals surface area contributed by atoms with E-state index < -0.39 is 0 Å². The van der Waals surface area contributed by atoms with Gasteiger partial charge in [0.15, 0.2) is 5.75 Å². The molecule has 0 spiro atoms.